The standard InChI is InChI=1S/C31H56F2O/c1-6-9-10-13-24(7-2)26-16-18-29(5)27(14-15-28(29)25(26)8-3)23(4)12-11-17-30(34)19-21-31(32,33)22-20-30/h23-28,34H,6-22H2,1-5H3/t23-,24-,25-,26-,27-,28+,29-/m1/s1. The van der Waals surface area contributed by atoms with E-state index in [0.717, 1.165) is 42.4 Å². The van der Waals surface area contributed by atoms with Crippen molar-refractivity contribution < 1.29 is 13.9 Å². The van der Waals surface area contributed by atoms with Crippen LogP contribution in [0.4, 0.5) is 8.78 Å². The van der Waals surface area contributed by atoms with Gasteiger partial charge in [0, 0.05) is 12.8 Å². The molecular weight excluding hydrogens is 426 g/mol. The second-order valence-electron chi connectivity index (χ2n) is 13.2. The van der Waals surface area contributed by atoms with Crippen LogP contribution in [0.1, 0.15) is 144 Å². The Balaban J connectivity index is 1.56. The minimum Gasteiger partial charge on any atom is -0.390 e. The largest absolute Gasteiger partial charge is 0.390 e. The predicted octanol–water partition coefficient (Wildman–Crippen LogP) is 9.81. The van der Waals surface area contributed by atoms with Gasteiger partial charge in [-0.2, -0.15) is 0 Å². The molecule has 3 rings (SSSR count). The van der Waals surface area contributed by atoms with Gasteiger partial charge < -0.3 is 5.11 Å². The van der Waals surface area contributed by atoms with Crippen molar-refractivity contribution in [1.82, 2.24) is 0 Å². The minimum absolute atomic E-state index is 0.141. The predicted molar refractivity (Wildman–Crippen MR) is 140 cm³/mol. The summed E-state index contributed by atoms with van der Waals surface area (Å²) in [7, 11) is 0. The summed E-state index contributed by atoms with van der Waals surface area (Å²) in [5.41, 5.74) is -0.371. The second kappa shape index (κ2) is 11.9. The van der Waals surface area contributed by atoms with Gasteiger partial charge in [0.1, 0.15) is 0 Å². The zero-order valence-corrected chi connectivity index (χ0v) is 23.2. The second-order valence-corrected chi connectivity index (χ2v) is 13.2. The van der Waals surface area contributed by atoms with Crippen LogP contribution in [0.2, 0.25) is 0 Å². The van der Waals surface area contributed by atoms with Crippen molar-refractivity contribution in [3.8, 4) is 0 Å². The van der Waals surface area contributed by atoms with Crippen molar-refractivity contribution in [1.29, 1.82) is 0 Å². The van der Waals surface area contributed by atoms with Crippen molar-refractivity contribution in [2.24, 2.45) is 40.9 Å². The molecule has 3 fully saturated rings. The lowest BCUT2D eigenvalue weighted by atomic mass is 9.53. The number of unbranched alkanes of at least 4 members (excludes halogenated alkanes) is 2. The van der Waals surface area contributed by atoms with Crippen molar-refractivity contribution in [2.75, 3.05) is 0 Å². The first-order chi connectivity index (χ1) is 16.1. The maximum absolute atomic E-state index is 13.5. The van der Waals surface area contributed by atoms with E-state index < -0.39 is 11.5 Å². The van der Waals surface area contributed by atoms with Crippen LogP contribution < -0.4 is 0 Å². The number of hydrogen-bond donors (Lipinski definition) is 1. The lowest BCUT2D eigenvalue weighted by molar-refractivity contribution is -0.107. The third kappa shape index (κ3) is 6.38. The SMILES string of the molecule is CCCCC[C@@H](CC)[C@H]1CC[C@]2(C)[C@@H]([C@H](C)CCCC3(O)CCC(F)(F)CC3)CC[C@H]2[C@@H]1CC. The van der Waals surface area contributed by atoms with Gasteiger partial charge in [0.05, 0.1) is 5.60 Å². The van der Waals surface area contributed by atoms with Crippen molar-refractivity contribution >= 4 is 0 Å². The van der Waals surface area contributed by atoms with Gasteiger partial charge in [-0.3, -0.25) is 0 Å². The highest BCUT2D eigenvalue weighted by atomic mass is 19.3. The molecule has 0 unspecified atom stereocenters. The van der Waals surface area contributed by atoms with Gasteiger partial charge in [-0.15, -0.1) is 0 Å². The molecule has 3 aliphatic rings. The van der Waals surface area contributed by atoms with Crippen LogP contribution in [-0.4, -0.2) is 16.6 Å². The van der Waals surface area contributed by atoms with Gasteiger partial charge >= 0.3 is 0 Å². The van der Waals surface area contributed by atoms with Crippen molar-refractivity contribution in [3.63, 3.8) is 0 Å². The highest BCUT2D eigenvalue weighted by Crippen LogP contribution is 2.63. The van der Waals surface area contributed by atoms with E-state index in [4.69, 9.17) is 0 Å². The monoisotopic (exact) mass is 482 g/mol. The van der Waals surface area contributed by atoms with Crippen LogP contribution in [-0.2, 0) is 0 Å². The van der Waals surface area contributed by atoms with Crippen LogP contribution in [0, 0.1) is 40.9 Å². The lowest BCUT2D eigenvalue weighted by Crippen LogP contribution is -2.44. The molecule has 0 aromatic heterocycles. The van der Waals surface area contributed by atoms with E-state index in [1.54, 1.807) is 0 Å². The van der Waals surface area contributed by atoms with E-state index in [9.17, 15) is 13.9 Å². The van der Waals surface area contributed by atoms with Crippen molar-refractivity contribution in [3.05, 3.63) is 0 Å². The molecule has 0 bridgehead atoms. The molecule has 3 aliphatic carbocycles. The van der Waals surface area contributed by atoms with Crippen molar-refractivity contribution in [2.45, 2.75) is 155 Å². The summed E-state index contributed by atoms with van der Waals surface area (Å²) in [6.07, 6.45) is 16.9. The molecule has 200 valence electrons. The topological polar surface area (TPSA) is 20.2 Å². The molecule has 0 amide bonds. The molecule has 0 heterocycles. The summed E-state index contributed by atoms with van der Waals surface area (Å²) in [6, 6.07) is 0. The normalized spacial score (nSPS) is 36.7. The smallest absolute Gasteiger partial charge is 0.248 e. The highest BCUT2D eigenvalue weighted by molar-refractivity contribution is 5.04. The Morgan fingerprint density at radius 1 is 0.882 bits per heavy atom. The Morgan fingerprint density at radius 3 is 2.21 bits per heavy atom. The molecule has 0 aliphatic heterocycles. The summed E-state index contributed by atoms with van der Waals surface area (Å²) in [4.78, 5) is 0. The average Bonchev–Trinajstić information content (AvgIpc) is 3.16. The average molecular weight is 483 g/mol. The Morgan fingerprint density at radius 2 is 1.59 bits per heavy atom. The number of aliphatic hydroxyl groups is 1. The molecular formula is C31H56F2O. The molecule has 3 heteroatoms. The summed E-state index contributed by atoms with van der Waals surface area (Å²) >= 11 is 0. The van der Waals surface area contributed by atoms with Crippen LogP contribution in [0.25, 0.3) is 0 Å². The minimum atomic E-state index is -2.56. The third-order valence-corrected chi connectivity index (χ3v) is 11.2. The first kappa shape index (κ1) is 28.4. The third-order valence-electron chi connectivity index (χ3n) is 11.2. The fraction of sp³-hybridized carbons (Fsp3) is 1.00. The number of halogens is 2. The van der Waals surface area contributed by atoms with Gasteiger partial charge in [0.25, 0.3) is 0 Å². The molecule has 0 spiro atoms. The molecule has 0 aromatic carbocycles. The molecule has 0 aromatic rings. The number of alkyl halides is 2. The van der Waals surface area contributed by atoms with Gasteiger partial charge in [-0.25, -0.2) is 8.78 Å². The molecule has 1 N–H and O–H groups in total. The number of hydrogen-bond acceptors (Lipinski definition) is 1. The summed E-state index contributed by atoms with van der Waals surface area (Å²) in [5, 5.41) is 10.8. The highest BCUT2D eigenvalue weighted by Gasteiger charge is 2.55. The first-order valence-corrected chi connectivity index (χ1v) is 15.2. The van der Waals surface area contributed by atoms with E-state index in [1.807, 2.05) is 0 Å². The van der Waals surface area contributed by atoms with E-state index in [-0.39, 0.29) is 25.7 Å². The molecule has 3 saturated carbocycles. The summed E-state index contributed by atoms with van der Waals surface area (Å²) < 4.78 is 27.1. The molecule has 1 nitrogen and oxygen atoms in total. The van der Waals surface area contributed by atoms with Crippen LogP contribution in [0.3, 0.4) is 0 Å². The van der Waals surface area contributed by atoms with E-state index in [0.29, 0.717) is 17.8 Å². The zero-order valence-electron chi connectivity index (χ0n) is 23.2. The zero-order chi connectivity index (χ0) is 25.0. The van der Waals surface area contributed by atoms with Gasteiger partial charge in [0.15, 0.2) is 0 Å². The van der Waals surface area contributed by atoms with Gasteiger partial charge in [0.2, 0.25) is 5.92 Å². The van der Waals surface area contributed by atoms with E-state index in [2.05, 4.69) is 34.6 Å². The Hall–Kier alpha value is -0.180. The van der Waals surface area contributed by atoms with Gasteiger partial charge in [-0.1, -0.05) is 86.0 Å². The fourth-order valence-electron chi connectivity index (χ4n) is 9.13. The molecule has 0 saturated heterocycles. The van der Waals surface area contributed by atoms with E-state index >= 15 is 0 Å². The van der Waals surface area contributed by atoms with Crippen LogP contribution in [0.5, 0.6) is 0 Å². The Kier molecular flexibility index (Phi) is 9.95. The lowest BCUT2D eigenvalue weighted by Gasteiger charge is -2.52. The maximum atomic E-state index is 13.5. The Labute approximate surface area is 210 Å². The fourth-order valence-corrected chi connectivity index (χ4v) is 9.13. The van der Waals surface area contributed by atoms with Crippen LogP contribution >= 0.6 is 0 Å². The molecule has 7 atom stereocenters. The number of fused-ring (bicyclic) bond motifs is 1. The summed E-state index contributed by atoms with van der Waals surface area (Å²) in [6.45, 7) is 12.3. The Bertz CT molecular complexity index is 609. The number of rotatable bonds is 12. The van der Waals surface area contributed by atoms with Crippen LogP contribution in [0.15, 0.2) is 0 Å². The van der Waals surface area contributed by atoms with E-state index in [1.165, 1.54) is 64.2 Å². The van der Waals surface area contributed by atoms with Gasteiger partial charge in [-0.05, 0) is 85.9 Å². The summed E-state index contributed by atoms with van der Waals surface area (Å²) in [5.74, 6) is 2.52. The molecule has 34 heavy (non-hydrogen) atoms. The maximum Gasteiger partial charge on any atom is 0.248 e. The quantitative estimate of drug-likeness (QED) is 0.274. The molecule has 0 radical (unpaired) electrons. The first-order valence-electron chi connectivity index (χ1n) is 15.2.